The molecule has 2 aromatic rings. The van der Waals surface area contributed by atoms with Gasteiger partial charge in [0.1, 0.15) is 0 Å². The van der Waals surface area contributed by atoms with Gasteiger partial charge in [-0.25, -0.2) is 8.42 Å². The number of sulfonamides is 1. The van der Waals surface area contributed by atoms with Crippen molar-refractivity contribution in [3.8, 4) is 0 Å². The van der Waals surface area contributed by atoms with Crippen LogP contribution in [0.1, 0.15) is 34.5 Å². The average molecular weight is 467 g/mol. The van der Waals surface area contributed by atoms with Crippen molar-refractivity contribution in [3.05, 3.63) is 63.6 Å². The SMILES string of the molecule is Cc1ccccc1C(C)NC(=O)c1ccc(Br)c(S(=O)(=O)N2CCOCC2)c1. The second kappa shape index (κ2) is 8.73. The quantitative estimate of drug-likeness (QED) is 0.733. The van der Waals surface area contributed by atoms with Gasteiger partial charge >= 0.3 is 0 Å². The summed E-state index contributed by atoms with van der Waals surface area (Å²) in [6.07, 6.45) is 0. The Kier molecular flexibility index (Phi) is 6.54. The molecule has 0 bridgehead atoms. The van der Waals surface area contributed by atoms with Crippen LogP contribution in [-0.2, 0) is 14.8 Å². The van der Waals surface area contributed by atoms with E-state index in [2.05, 4.69) is 21.2 Å². The van der Waals surface area contributed by atoms with Crippen LogP contribution in [0.4, 0.5) is 0 Å². The normalized spacial score (nSPS) is 16.5. The number of hydrogen-bond acceptors (Lipinski definition) is 4. The molecule has 1 unspecified atom stereocenters. The molecule has 1 fully saturated rings. The monoisotopic (exact) mass is 466 g/mol. The van der Waals surface area contributed by atoms with E-state index in [-0.39, 0.29) is 16.8 Å². The minimum absolute atomic E-state index is 0.0885. The zero-order valence-electron chi connectivity index (χ0n) is 15.8. The molecule has 1 heterocycles. The number of nitrogens with one attached hydrogen (secondary N) is 1. The van der Waals surface area contributed by atoms with E-state index in [1.807, 2.05) is 38.1 Å². The molecule has 1 saturated heterocycles. The molecule has 8 heteroatoms. The molecule has 150 valence electrons. The number of nitrogens with zero attached hydrogens (tertiary/aromatic N) is 1. The van der Waals surface area contributed by atoms with Crippen molar-refractivity contribution in [2.45, 2.75) is 24.8 Å². The smallest absolute Gasteiger partial charge is 0.251 e. The lowest BCUT2D eigenvalue weighted by Gasteiger charge is -2.26. The van der Waals surface area contributed by atoms with Gasteiger partial charge in [-0.05, 0) is 59.1 Å². The Labute approximate surface area is 174 Å². The number of halogens is 1. The zero-order chi connectivity index (χ0) is 20.3. The Morgan fingerprint density at radius 3 is 2.54 bits per heavy atom. The summed E-state index contributed by atoms with van der Waals surface area (Å²) in [5, 5.41) is 2.95. The van der Waals surface area contributed by atoms with E-state index < -0.39 is 10.0 Å². The number of hydrogen-bond donors (Lipinski definition) is 1. The highest BCUT2D eigenvalue weighted by atomic mass is 79.9. The third-order valence-corrected chi connectivity index (χ3v) is 7.68. The average Bonchev–Trinajstić information content (AvgIpc) is 2.69. The fraction of sp³-hybridized carbons (Fsp3) is 0.350. The minimum atomic E-state index is -3.71. The third-order valence-electron chi connectivity index (χ3n) is 4.78. The molecule has 3 rings (SSSR count). The Balaban J connectivity index is 1.84. The Morgan fingerprint density at radius 1 is 1.18 bits per heavy atom. The summed E-state index contributed by atoms with van der Waals surface area (Å²) in [6, 6.07) is 12.3. The lowest BCUT2D eigenvalue weighted by atomic mass is 10.0. The molecule has 1 aliphatic rings. The van der Waals surface area contributed by atoms with Crippen molar-refractivity contribution in [2.24, 2.45) is 0 Å². The third kappa shape index (κ3) is 4.46. The van der Waals surface area contributed by atoms with Crippen LogP contribution in [0.2, 0.25) is 0 Å². The van der Waals surface area contributed by atoms with Crippen molar-refractivity contribution >= 4 is 31.9 Å². The van der Waals surface area contributed by atoms with E-state index in [4.69, 9.17) is 4.74 Å². The highest BCUT2D eigenvalue weighted by molar-refractivity contribution is 9.10. The fourth-order valence-corrected chi connectivity index (χ4v) is 5.56. The molecule has 1 amide bonds. The molecule has 0 spiro atoms. The molecule has 0 aliphatic carbocycles. The van der Waals surface area contributed by atoms with Crippen LogP contribution in [-0.4, -0.2) is 44.9 Å². The summed E-state index contributed by atoms with van der Waals surface area (Å²) < 4.78 is 33.0. The maximum atomic E-state index is 13.0. The standard InChI is InChI=1S/C20H23BrN2O4S/c1-14-5-3-4-6-17(14)15(2)22-20(24)16-7-8-18(21)19(13-16)28(25,26)23-9-11-27-12-10-23/h3-8,13,15H,9-12H2,1-2H3,(H,22,24). The summed E-state index contributed by atoms with van der Waals surface area (Å²) in [5.41, 5.74) is 2.41. The van der Waals surface area contributed by atoms with Gasteiger partial charge < -0.3 is 10.1 Å². The molecular formula is C20H23BrN2O4S. The first-order valence-electron chi connectivity index (χ1n) is 9.04. The van der Waals surface area contributed by atoms with Gasteiger partial charge in [-0.2, -0.15) is 4.31 Å². The first-order chi connectivity index (χ1) is 13.3. The highest BCUT2D eigenvalue weighted by Gasteiger charge is 2.29. The Hall–Kier alpha value is -1.74. The number of benzene rings is 2. The van der Waals surface area contributed by atoms with Gasteiger partial charge in [-0.1, -0.05) is 24.3 Å². The van der Waals surface area contributed by atoms with Crippen LogP contribution in [0.3, 0.4) is 0 Å². The van der Waals surface area contributed by atoms with Gasteiger partial charge in [0.2, 0.25) is 10.0 Å². The van der Waals surface area contributed by atoms with E-state index in [0.717, 1.165) is 11.1 Å². The van der Waals surface area contributed by atoms with Crippen molar-refractivity contribution < 1.29 is 17.9 Å². The van der Waals surface area contributed by atoms with Gasteiger partial charge in [0, 0.05) is 23.1 Å². The molecule has 0 saturated carbocycles. The summed E-state index contributed by atoms with van der Waals surface area (Å²) in [7, 11) is -3.71. The number of ether oxygens (including phenoxy) is 1. The maximum absolute atomic E-state index is 13.0. The van der Waals surface area contributed by atoms with Crippen molar-refractivity contribution in [2.75, 3.05) is 26.3 Å². The second-order valence-corrected chi connectivity index (χ2v) is 9.47. The number of amides is 1. The fourth-order valence-electron chi connectivity index (χ4n) is 3.20. The van der Waals surface area contributed by atoms with Crippen molar-refractivity contribution in [1.82, 2.24) is 9.62 Å². The largest absolute Gasteiger partial charge is 0.379 e. The van der Waals surface area contributed by atoms with Gasteiger partial charge in [-0.3, -0.25) is 4.79 Å². The lowest BCUT2D eigenvalue weighted by Crippen LogP contribution is -2.40. The molecule has 6 nitrogen and oxygen atoms in total. The maximum Gasteiger partial charge on any atom is 0.251 e. The lowest BCUT2D eigenvalue weighted by molar-refractivity contribution is 0.0730. The van der Waals surface area contributed by atoms with Gasteiger partial charge in [-0.15, -0.1) is 0 Å². The van der Waals surface area contributed by atoms with Crippen LogP contribution in [0.25, 0.3) is 0 Å². The van der Waals surface area contributed by atoms with E-state index in [0.29, 0.717) is 36.3 Å². The predicted molar refractivity (Wildman–Crippen MR) is 111 cm³/mol. The van der Waals surface area contributed by atoms with E-state index in [9.17, 15) is 13.2 Å². The van der Waals surface area contributed by atoms with Crippen LogP contribution >= 0.6 is 15.9 Å². The Morgan fingerprint density at radius 2 is 1.86 bits per heavy atom. The summed E-state index contributed by atoms with van der Waals surface area (Å²) in [6.45, 7) is 5.23. The molecule has 2 aromatic carbocycles. The number of rotatable bonds is 5. The van der Waals surface area contributed by atoms with Crippen LogP contribution in [0.15, 0.2) is 51.8 Å². The Bertz CT molecular complexity index is 972. The second-order valence-electron chi connectivity index (χ2n) is 6.71. The number of aryl methyl sites for hydroxylation is 1. The van der Waals surface area contributed by atoms with Crippen LogP contribution < -0.4 is 5.32 Å². The molecule has 0 radical (unpaired) electrons. The summed E-state index contributed by atoms with van der Waals surface area (Å²) >= 11 is 3.31. The predicted octanol–water partition coefficient (Wildman–Crippen LogP) is 3.27. The molecule has 28 heavy (non-hydrogen) atoms. The van der Waals surface area contributed by atoms with E-state index >= 15 is 0 Å². The molecule has 1 N–H and O–H groups in total. The van der Waals surface area contributed by atoms with E-state index in [1.165, 1.54) is 10.4 Å². The van der Waals surface area contributed by atoms with Crippen LogP contribution in [0, 0.1) is 6.92 Å². The van der Waals surface area contributed by atoms with Crippen molar-refractivity contribution in [1.29, 1.82) is 0 Å². The number of carbonyl (C=O) groups excluding carboxylic acids is 1. The van der Waals surface area contributed by atoms with Gasteiger partial charge in [0.15, 0.2) is 0 Å². The summed E-state index contributed by atoms with van der Waals surface area (Å²) in [4.78, 5) is 12.8. The molecule has 0 aromatic heterocycles. The summed E-state index contributed by atoms with van der Waals surface area (Å²) in [5.74, 6) is -0.318. The highest BCUT2D eigenvalue weighted by Crippen LogP contribution is 2.27. The van der Waals surface area contributed by atoms with Gasteiger partial charge in [0.25, 0.3) is 5.91 Å². The minimum Gasteiger partial charge on any atom is -0.379 e. The molecule has 1 atom stereocenters. The van der Waals surface area contributed by atoms with Crippen LogP contribution in [0.5, 0.6) is 0 Å². The zero-order valence-corrected chi connectivity index (χ0v) is 18.2. The first-order valence-corrected chi connectivity index (χ1v) is 11.3. The number of morpholine rings is 1. The van der Waals surface area contributed by atoms with E-state index in [1.54, 1.807) is 12.1 Å². The number of carbonyl (C=O) groups is 1. The molecule has 1 aliphatic heterocycles. The van der Waals surface area contributed by atoms with Crippen molar-refractivity contribution in [3.63, 3.8) is 0 Å². The molecular weight excluding hydrogens is 444 g/mol. The topological polar surface area (TPSA) is 75.7 Å². The first kappa shape index (κ1) is 21.0. The van der Waals surface area contributed by atoms with Gasteiger partial charge in [0.05, 0.1) is 24.2 Å².